The van der Waals surface area contributed by atoms with Crippen LogP contribution in [-0.2, 0) is 11.2 Å². The number of hydrogen-bond donors (Lipinski definition) is 1. The van der Waals surface area contributed by atoms with Crippen molar-refractivity contribution in [2.75, 3.05) is 26.2 Å². The molecule has 1 saturated heterocycles. The molecule has 1 N–H and O–H groups in total. The summed E-state index contributed by atoms with van der Waals surface area (Å²) >= 11 is 0. The van der Waals surface area contributed by atoms with Gasteiger partial charge in [0.05, 0.1) is 18.8 Å². The lowest BCUT2D eigenvalue weighted by molar-refractivity contribution is -0.0269. The fourth-order valence-corrected chi connectivity index (χ4v) is 4.18. The Morgan fingerprint density at radius 1 is 1.04 bits per heavy atom. The van der Waals surface area contributed by atoms with Gasteiger partial charge in [0, 0.05) is 19.6 Å². The Bertz CT molecular complexity index is 759. The molecule has 1 aliphatic carbocycles. The average molecular weight is 385 g/mol. The summed E-state index contributed by atoms with van der Waals surface area (Å²) in [5.41, 5.74) is 2.64. The fourth-order valence-electron chi connectivity index (χ4n) is 4.18. The minimum absolute atomic E-state index is 0.112. The van der Waals surface area contributed by atoms with E-state index >= 15 is 0 Å². The van der Waals surface area contributed by atoms with E-state index in [1.807, 2.05) is 0 Å². The number of piperidine rings is 1. The number of β-amino-alcohol motifs (C(OH)–C–C–N with tert-alkyl or cyclic N) is 1. The minimum Gasteiger partial charge on any atom is -0.490 e. The molecular formula is C23H28FNO3. The van der Waals surface area contributed by atoms with Gasteiger partial charge in [-0.05, 0) is 61.1 Å². The van der Waals surface area contributed by atoms with E-state index in [9.17, 15) is 9.50 Å². The van der Waals surface area contributed by atoms with Crippen molar-refractivity contribution in [3.05, 3.63) is 65.5 Å². The summed E-state index contributed by atoms with van der Waals surface area (Å²) < 4.78 is 24.9. The summed E-state index contributed by atoms with van der Waals surface area (Å²) in [6, 6.07) is 14.6. The summed E-state index contributed by atoms with van der Waals surface area (Å²) in [4.78, 5) is 2.27. The van der Waals surface area contributed by atoms with Crippen LogP contribution in [0.15, 0.2) is 48.5 Å². The summed E-state index contributed by atoms with van der Waals surface area (Å²) in [6.07, 6.45) is 3.63. The Hall–Kier alpha value is -1.95. The number of hydrogen-bond acceptors (Lipinski definition) is 4. The SMILES string of the molecule is OC(COC1CCc2ccccc21)CN1CCC(Oc2ccc(F)cc2)CC1. The molecule has 0 aromatic heterocycles. The van der Waals surface area contributed by atoms with Gasteiger partial charge in [-0.1, -0.05) is 24.3 Å². The molecule has 2 aliphatic rings. The standard InChI is InChI=1S/C23H28FNO3/c24-18-6-8-20(9-7-18)28-21-11-13-25(14-12-21)15-19(26)16-27-23-10-5-17-3-1-2-4-22(17)23/h1-4,6-9,19,21,23,26H,5,10-16H2. The van der Waals surface area contributed by atoms with Crippen molar-refractivity contribution in [2.24, 2.45) is 0 Å². The molecule has 150 valence electrons. The van der Waals surface area contributed by atoms with Gasteiger partial charge in [-0.25, -0.2) is 4.39 Å². The first-order valence-corrected chi connectivity index (χ1v) is 10.2. The molecule has 1 aliphatic heterocycles. The molecule has 2 aromatic carbocycles. The molecule has 4 rings (SSSR count). The maximum atomic E-state index is 13.0. The lowest BCUT2D eigenvalue weighted by Crippen LogP contribution is -2.43. The molecule has 1 heterocycles. The van der Waals surface area contributed by atoms with Crippen molar-refractivity contribution >= 4 is 0 Å². The third kappa shape index (κ3) is 4.90. The third-order valence-electron chi connectivity index (χ3n) is 5.69. The van der Waals surface area contributed by atoms with Crippen LogP contribution >= 0.6 is 0 Å². The molecule has 4 nitrogen and oxygen atoms in total. The summed E-state index contributed by atoms with van der Waals surface area (Å²) in [7, 11) is 0. The molecular weight excluding hydrogens is 357 g/mol. The largest absolute Gasteiger partial charge is 0.490 e. The molecule has 2 unspecified atom stereocenters. The lowest BCUT2D eigenvalue weighted by Gasteiger charge is -2.33. The van der Waals surface area contributed by atoms with Crippen LogP contribution < -0.4 is 4.74 Å². The molecule has 28 heavy (non-hydrogen) atoms. The van der Waals surface area contributed by atoms with E-state index < -0.39 is 6.10 Å². The average Bonchev–Trinajstić information content (AvgIpc) is 3.13. The monoisotopic (exact) mass is 385 g/mol. The Kier molecular flexibility index (Phi) is 6.25. The van der Waals surface area contributed by atoms with E-state index in [1.165, 1.54) is 23.3 Å². The summed E-state index contributed by atoms with van der Waals surface area (Å²) in [6.45, 7) is 2.76. The van der Waals surface area contributed by atoms with Crippen LogP contribution in [0.4, 0.5) is 4.39 Å². The van der Waals surface area contributed by atoms with Crippen LogP contribution in [0.25, 0.3) is 0 Å². The summed E-state index contributed by atoms with van der Waals surface area (Å²) in [5.74, 6) is 0.463. The number of halogens is 1. The highest BCUT2D eigenvalue weighted by Gasteiger charge is 2.25. The second kappa shape index (κ2) is 9.03. The molecule has 2 aromatic rings. The molecule has 5 heteroatoms. The number of aliphatic hydroxyl groups is 1. The first-order valence-electron chi connectivity index (χ1n) is 10.2. The highest BCUT2D eigenvalue weighted by atomic mass is 19.1. The Labute approximate surface area is 165 Å². The maximum Gasteiger partial charge on any atom is 0.123 e. The second-order valence-corrected chi connectivity index (χ2v) is 7.79. The van der Waals surface area contributed by atoms with Crippen molar-refractivity contribution < 1.29 is 19.0 Å². The zero-order valence-electron chi connectivity index (χ0n) is 16.1. The highest BCUT2D eigenvalue weighted by molar-refractivity contribution is 5.33. The van der Waals surface area contributed by atoms with Gasteiger partial charge in [0.15, 0.2) is 0 Å². The molecule has 0 spiro atoms. The molecule has 0 amide bonds. The van der Waals surface area contributed by atoms with E-state index in [2.05, 4.69) is 29.2 Å². The number of ether oxygens (including phenoxy) is 2. The van der Waals surface area contributed by atoms with Crippen LogP contribution in [0.3, 0.4) is 0 Å². The number of aryl methyl sites for hydroxylation is 1. The number of rotatable bonds is 7. The maximum absolute atomic E-state index is 13.0. The van der Waals surface area contributed by atoms with Crippen molar-refractivity contribution in [1.29, 1.82) is 0 Å². The Morgan fingerprint density at radius 2 is 1.79 bits per heavy atom. The van der Waals surface area contributed by atoms with Gasteiger partial charge in [-0.2, -0.15) is 0 Å². The zero-order valence-corrected chi connectivity index (χ0v) is 16.1. The molecule has 1 fully saturated rings. The topological polar surface area (TPSA) is 41.9 Å². The van der Waals surface area contributed by atoms with Gasteiger partial charge in [-0.3, -0.25) is 0 Å². The quantitative estimate of drug-likeness (QED) is 0.789. The predicted octanol–water partition coefficient (Wildman–Crippen LogP) is 3.73. The minimum atomic E-state index is -0.484. The number of aliphatic hydroxyl groups excluding tert-OH is 1. The van der Waals surface area contributed by atoms with Gasteiger partial charge < -0.3 is 19.5 Å². The number of likely N-dealkylation sites (tertiary alicyclic amines) is 1. The van der Waals surface area contributed by atoms with E-state index in [0.717, 1.165) is 38.8 Å². The van der Waals surface area contributed by atoms with E-state index in [0.29, 0.717) is 18.9 Å². The first kappa shape index (κ1) is 19.4. The van der Waals surface area contributed by atoms with E-state index in [-0.39, 0.29) is 18.0 Å². The zero-order chi connectivity index (χ0) is 19.3. The number of fused-ring (bicyclic) bond motifs is 1. The van der Waals surface area contributed by atoms with Crippen LogP contribution in [0.5, 0.6) is 5.75 Å². The smallest absolute Gasteiger partial charge is 0.123 e. The van der Waals surface area contributed by atoms with Gasteiger partial charge in [0.1, 0.15) is 17.7 Å². The van der Waals surface area contributed by atoms with E-state index in [1.54, 1.807) is 12.1 Å². The molecule has 0 saturated carbocycles. The normalized spacial score (nSPS) is 21.4. The molecule has 0 bridgehead atoms. The summed E-state index contributed by atoms with van der Waals surface area (Å²) in [5, 5.41) is 10.4. The van der Waals surface area contributed by atoms with Gasteiger partial charge >= 0.3 is 0 Å². The lowest BCUT2D eigenvalue weighted by atomic mass is 10.1. The van der Waals surface area contributed by atoms with Crippen molar-refractivity contribution in [3.63, 3.8) is 0 Å². The second-order valence-electron chi connectivity index (χ2n) is 7.79. The van der Waals surface area contributed by atoms with Gasteiger partial charge in [0.2, 0.25) is 0 Å². The van der Waals surface area contributed by atoms with Crippen molar-refractivity contribution in [1.82, 2.24) is 4.90 Å². The van der Waals surface area contributed by atoms with Gasteiger partial charge in [0.25, 0.3) is 0 Å². The van der Waals surface area contributed by atoms with Crippen LogP contribution in [0, 0.1) is 5.82 Å². The predicted molar refractivity (Wildman–Crippen MR) is 106 cm³/mol. The number of benzene rings is 2. The molecule has 0 radical (unpaired) electrons. The van der Waals surface area contributed by atoms with Crippen LogP contribution in [-0.4, -0.2) is 48.5 Å². The van der Waals surface area contributed by atoms with Crippen LogP contribution in [0.1, 0.15) is 36.5 Å². The Balaban J connectivity index is 1.17. The fraction of sp³-hybridized carbons (Fsp3) is 0.478. The highest BCUT2D eigenvalue weighted by Crippen LogP contribution is 2.33. The third-order valence-corrected chi connectivity index (χ3v) is 5.69. The van der Waals surface area contributed by atoms with Crippen molar-refractivity contribution in [2.45, 2.75) is 44.0 Å². The van der Waals surface area contributed by atoms with Crippen LogP contribution in [0.2, 0.25) is 0 Å². The van der Waals surface area contributed by atoms with Gasteiger partial charge in [-0.15, -0.1) is 0 Å². The first-order chi connectivity index (χ1) is 13.7. The van der Waals surface area contributed by atoms with Crippen molar-refractivity contribution in [3.8, 4) is 5.75 Å². The Morgan fingerprint density at radius 3 is 2.57 bits per heavy atom. The van der Waals surface area contributed by atoms with E-state index in [4.69, 9.17) is 9.47 Å². The number of nitrogens with zero attached hydrogens (tertiary/aromatic N) is 1. The molecule has 2 atom stereocenters.